The van der Waals surface area contributed by atoms with Gasteiger partial charge >= 0.3 is 6.09 Å². The fourth-order valence-corrected chi connectivity index (χ4v) is 1.61. The summed E-state index contributed by atoms with van der Waals surface area (Å²) in [6.45, 7) is 1.96. The van der Waals surface area contributed by atoms with E-state index in [4.69, 9.17) is 5.11 Å². The summed E-state index contributed by atoms with van der Waals surface area (Å²) in [4.78, 5) is 27.6. The molecule has 0 bridgehead atoms. The van der Waals surface area contributed by atoms with E-state index in [9.17, 15) is 9.59 Å². The van der Waals surface area contributed by atoms with Crippen molar-refractivity contribution in [2.45, 2.75) is 13.3 Å². The average molecular weight is 206 g/mol. The fraction of sp³-hybridized carbons (Fsp3) is 0.300. The molecule has 0 fully saturated rings. The minimum atomic E-state index is -1.07. The average Bonchev–Trinajstić information content (AvgIpc) is 2.17. The van der Waals surface area contributed by atoms with Gasteiger partial charge < -0.3 is 5.11 Å². The normalized spacial score (nSPS) is 15.0. The smallest absolute Gasteiger partial charge is 0.413 e. The molecule has 0 saturated carbocycles. The molecule has 1 aromatic heterocycles. The number of amides is 1. The standard InChI is InChI=1S/C10H10N2O3/c1-6-2-3-7-8(13)4-5-12(10(14)15)9(7)11-6/h2-3H,4-5H2,1H3,(H,14,15). The van der Waals surface area contributed by atoms with Crippen molar-refractivity contribution in [3.05, 3.63) is 23.4 Å². The number of rotatable bonds is 0. The molecular weight excluding hydrogens is 196 g/mol. The molecule has 0 aromatic carbocycles. The van der Waals surface area contributed by atoms with E-state index >= 15 is 0 Å². The van der Waals surface area contributed by atoms with Gasteiger partial charge in [-0.1, -0.05) is 0 Å². The molecular formula is C10H10N2O3. The number of ketones is 1. The SMILES string of the molecule is Cc1ccc2c(n1)N(C(=O)O)CCC2=O. The lowest BCUT2D eigenvalue weighted by Gasteiger charge is -2.24. The second-order valence-corrected chi connectivity index (χ2v) is 3.43. The predicted octanol–water partition coefficient (Wildman–Crippen LogP) is 1.46. The lowest BCUT2D eigenvalue weighted by Crippen LogP contribution is -2.37. The summed E-state index contributed by atoms with van der Waals surface area (Å²) in [5, 5.41) is 8.94. The van der Waals surface area contributed by atoms with Crippen molar-refractivity contribution in [3.8, 4) is 0 Å². The number of carboxylic acid groups (broad SMARTS) is 1. The number of hydrogen-bond acceptors (Lipinski definition) is 3. The van der Waals surface area contributed by atoms with Crippen molar-refractivity contribution in [2.75, 3.05) is 11.4 Å². The molecule has 0 saturated heterocycles. The van der Waals surface area contributed by atoms with Gasteiger partial charge in [0.05, 0.1) is 5.56 Å². The number of aryl methyl sites for hydroxylation is 1. The molecule has 1 amide bonds. The first-order chi connectivity index (χ1) is 7.09. The molecule has 0 aliphatic carbocycles. The highest BCUT2D eigenvalue weighted by Crippen LogP contribution is 2.25. The Morgan fingerprint density at radius 3 is 2.93 bits per heavy atom. The predicted molar refractivity (Wildman–Crippen MR) is 53.3 cm³/mol. The highest BCUT2D eigenvalue weighted by atomic mass is 16.4. The first kappa shape index (κ1) is 9.64. The number of Topliss-reactive ketones (excluding diaryl/α,β-unsaturated/α-hetero) is 1. The molecule has 2 heterocycles. The zero-order valence-electron chi connectivity index (χ0n) is 8.23. The highest BCUT2D eigenvalue weighted by Gasteiger charge is 2.28. The lowest BCUT2D eigenvalue weighted by atomic mass is 10.0. The van der Waals surface area contributed by atoms with Gasteiger partial charge in [-0.15, -0.1) is 0 Å². The van der Waals surface area contributed by atoms with Crippen molar-refractivity contribution in [2.24, 2.45) is 0 Å². The molecule has 15 heavy (non-hydrogen) atoms. The quantitative estimate of drug-likeness (QED) is 0.697. The molecule has 1 aromatic rings. The van der Waals surface area contributed by atoms with E-state index < -0.39 is 6.09 Å². The second-order valence-electron chi connectivity index (χ2n) is 3.43. The molecule has 1 aliphatic heterocycles. The van der Waals surface area contributed by atoms with E-state index in [1.165, 1.54) is 0 Å². The Bertz CT molecular complexity index is 442. The highest BCUT2D eigenvalue weighted by molar-refractivity contribution is 6.06. The van der Waals surface area contributed by atoms with Crippen LogP contribution in [-0.2, 0) is 0 Å². The Balaban J connectivity index is 2.56. The number of nitrogens with zero attached hydrogens (tertiary/aromatic N) is 2. The number of carbonyl (C=O) groups is 2. The number of aromatic nitrogens is 1. The van der Waals surface area contributed by atoms with Crippen LogP contribution >= 0.6 is 0 Å². The molecule has 5 nitrogen and oxygen atoms in total. The van der Waals surface area contributed by atoms with Crippen LogP contribution in [0.2, 0.25) is 0 Å². The molecule has 0 unspecified atom stereocenters. The monoisotopic (exact) mass is 206 g/mol. The second kappa shape index (κ2) is 3.34. The first-order valence-electron chi connectivity index (χ1n) is 4.61. The first-order valence-corrected chi connectivity index (χ1v) is 4.61. The third-order valence-electron chi connectivity index (χ3n) is 2.36. The van der Waals surface area contributed by atoms with Crippen LogP contribution in [0.5, 0.6) is 0 Å². The summed E-state index contributed by atoms with van der Waals surface area (Å²) < 4.78 is 0. The number of fused-ring (bicyclic) bond motifs is 1. The third kappa shape index (κ3) is 1.56. The molecule has 0 spiro atoms. The molecule has 78 valence electrons. The van der Waals surface area contributed by atoms with Gasteiger partial charge in [-0.2, -0.15) is 0 Å². The Labute approximate surface area is 86.3 Å². The van der Waals surface area contributed by atoms with Crippen molar-refractivity contribution >= 4 is 17.7 Å². The Morgan fingerprint density at radius 1 is 1.53 bits per heavy atom. The maximum atomic E-state index is 11.5. The van der Waals surface area contributed by atoms with Crippen molar-refractivity contribution in [1.82, 2.24) is 4.98 Å². The van der Waals surface area contributed by atoms with Crippen LogP contribution in [0.4, 0.5) is 10.6 Å². The molecule has 5 heteroatoms. The zero-order chi connectivity index (χ0) is 11.0. The lowest BCUT2D eigenvalue weighted by molar-refractivity contribution is 0.0979. The van der Waals surface area contributed by atoms with Gasteiger partial charge in [-0.05, 0) is 19.1 Å². The third-order valence-corrected chi connectivity index (χ3v) is 2.36. The van der Waals surface area contributed by atoms with E-state index in [1.807, 2.05) is 0 Å². The largest absolute Gasteiger partial charge is 0.465 e. The van der Waals surface area contributed by atoms with Crippen LogP contribution in [0, 0.1) is 6.92 Å². The van der Waals surface area contributed by atoms with Gasteiger partial charge in [0, 0.05) is 18.7 Å². The summed E-state index contributed by atoms with van der Waals surface area (Å²) in [5.41, 5.74) is 1.10. The summed E-state index contributed by atoms with van der Waals surface area (Å²) in [7, 11) is 0. The van der Waals surface area contributed by atoms with E-state index in [1.54, 1.807) is 19.1 Å². The van der Waals surface area contributed by atoms with Gasteiger partial charge in [0.15, 0.2) is 5.78 Å². The number of carbonyl (C=O) groups excluding carboxylic acids is 1. The maximum absolute atomic E-state index is 11.5. The van der Waals surface area contributed by atoms with E-state index in [-0.39, 0.29) is 24.6 Å². The van der Waals surface area contributed by atoms with Crippen LogP contribution in [0.1, 0.15) is 22.5 Å². The van der Waals surface area contributed by atoms with Crippen molar-refractivity contribution < 1.29 is 14.7 Å². The van der Waals surface area contributed by atoms with Gasteiger partial charge in [-0.25, -0.2) is 9.78 Å². The molecule has 0 atom stereocenters. The summed E-state index contributed by atoms with van der Waals surface area (Å²) >= 11 is 0. The fourth-order valence-electron chi connectivity index (χ4n) is 1.61. The van der Waals surface area contributed by atoms with E-state index in [0.717, 1.165) is 4.90 Å². The van der Waals surface area contributed by atoms with Gasteiger partial charge in [0.2, 0.25) is 0 Å². The molecule has 2 rings (SSSR count). The molecule has 1 aliphatic rings. The van der Waals surface area contributed by atoms with Gasteiger partial charge in [0.25, 0.3) is 0 Å². The van der Waals surface area contributed by atoms with Crippen LogP contribution < -0.4 is 4.90 Å². The zero-order valence-corrected chi connectivity index (χ0v) is 8.23. The van der Waals surface area contributed by atoms with Crippen molar-refractivity contribution in [3.63, 3.8) is 0 Å². The van der Waals surface area contributed by atoms with Gasteiger partial charge in [0.1, 0.15) is 5.82 Å². The van der Waals surface area contributed by atoms with E-state index in [2.05, 4.69) is 4.98 Å². The van der Waals surface area contributed by atoms with E-state index in [0.29, 0.717) is 11.3 Å². The summed E-state index contributed by atoms with van der Waals surface area (Å²) in [5.74, 6) is 0.216. The molecule has 0 radical (unpaired) electrons. The van der Waals surface area contributed by atoms with Crippen LogP contribution in [-0.4, -0.2) is 28.5 Å². The minimum absolute atomic E-state index is 0.0463. The topological polar surface area (TPSA) is 70.5 Å². The summed E-state index contributed by atoms with van der Waals surface area (Å²) in [6, 6.07) is 3.34. The van der Waals surface area contributed by atoms with Crippen LogP contribution in [0.3, 0.4) is 0 Å². The minimum Gasteiger partial charge on any atom is -0.465 e. The van der Waals surface area contributed by atoms with Crippen LogP contribution in [0.15, 0.2) is 12.1 Å². The van der Waals surface area contributed by atoms with Crippen LogP contribution in [0.25, 0.3) is 0 Å². The Hall–Kier alpha value is -1.91. The number of anilines is 1. The number of hydrogen-bond donors (Lipinski definition) is 1. The Morgan fingerprint density at radius 2 is 2.27 bits per heavy atom. The van der Waals surface area contributed by atoms with Crippen molar-refractivity contribution in [1.29, 1.82) is 0 Å². The molecule has 1 N–H and O–H groups in total. The Kier molecular flexibility index (Phi) is 2.15. The summed E-state index contributed by atoms with van der Waals surface area (Å²) in [6.07, 6.45) is -0.842. The van der Waals surface area contributed by atoms with Gasteiger partial charge in [-0.3, -0.25) is 9.69 Å². The maximum Gasteiger partial charge on any atom is 0.413 e. The number of pyridine rings is 1.